The molecule has 4 aromatic rings. The van der Waals surface area contributed by atoms with Crippen molar-refractivity contribution in [2.45, 2.75) is 22.8 Å². The molecular weight excluding hydrogens is 739 g/mol. The zero-order valence-corrected chi connectivity index (χ0v) is 32.3. The SMILES string of the molecule is CC1=NN(c2ccc(S(=O)(=O)[O-])cc2)C(=O)C1N=Nc1ccc(-c2ccc(Nc3nc(Cl)nc(Cl)c3Cl)cc2)cc1S(=O)(=O)[O-].[Na+].[Na+]. The fraction of sp³-hybridized carbons (Fsp3) is 0.0769. The van der Waals surface area contributed by atoms with Crippen LogP contribution in [-0.4, -0.2) is 53.6 Å². The maximum Gasteiger partial charge on any atom is 1.00 e. The molecule has 1 aromatic heterocycles. The summed E-state index contributed by atoms with van der Waals surface area (Å²) in [6.45, 7) is 1.48. The Morgan fingerprint density at radius 3 is 2.06 bits per heavy atom. The van der Waals surface area contributed by atoms with Crippen LogP contribution in [0.1, 0.15) is 6.92 Å². The van der Waals surface area contributed by atoms with Gasteiger partial charge in [-0.2, -0.15) is 25.3 Å². The number of benzene rings is 3. The Bertz CT molecular complexity index is 2120. The number of nitrogens with zero attached hydrogens (tertiary/aromatic N) is 6. The van der Waals surface area contributed by atoms with Crippen molar-refractivity contribution in [2.24, 2.45) is 15.3 Å². The number of halogens is 3. The van der Waals surface area contributed by atoms with E-state index < -0.39 is 42.0 Å². The normalized spacial score (nSPS) is 14.9. The van der Waals surface area contributed by atoms with E-state index in [1.807, 2.05) is 0 Å². The summed E-state index contributed by atoms with van der Waals surface area (Å²) >= 11 is 17.9. The van der Waals surface area contributed by atoms with E-state index in [9.17, 15) is 30.7 Å². The van der Waals surface area contributed by atoms with Gasteiger partial charge in [-0.15, -0.1) is 0 Å². The molecule has 232 valence electrons. The molecule has 1 aliphatic rings. The quantitative estimate of drug-likeness (QED) is 0.0805. The van der Waals surface area contributed by atoms with Crippen LogP contribution in [0.3, 0.4) is 0 Å². The fourth-order valence-electron chi connectivity index (χ4n) is 4.08. The summed E-state index contributed by atoms with van der Waals surface area (Å²) in [6, 6.07) is 13.7. The number of carbonyl (C=O) groups is 1. The van der Waals surface area contributed by atoms with Crippen LogP contribution in [0.25, 0.3) is 11.1 Å². The summed E-state index contributed by atoms with van der Waals surface area (Å²) in [5.41, 5.74) is 1.49. The smallest absolute Gasteiger partial charge is 0.744 e. The predicted octanol–water partition coefficient (Wildman–Crippen LogP) is -0.461. The first-order chi connectivity index (χ1) is 21.1. The Morgan fingerprint density at radius 1 is 0.851 bits per heavy atom. The summed E-state index contributed by atoms with van der Waals surface area (Å²) in [4.78, 5) is 19.6. The van der Waals surface area contributed by atoms with Gasteiger partial charge in [-0.25, -0.2) is 21.8 Å². The summed E-state index contributed by atoms with van der Waals surface area (Å²) in [6.07, 6.45) is 0. The minimum absolute atomic E-state index is 0. The molecule has 21 heteroatoms. The third-order valence-corrected chi connectivity index (χ3v) is 8.85. The molecule has 1 aliphatic heterocycles. The van der Waals surface area contributed by atoms with Gasteiger partial charge in [-0.05, 0) is 78.2 Å². The van der Waals surface area contributed by atoms with Gasteiger partial charge in [0.15, 0.2) is 17.0 Å². The van der Waals surface area contributed by atoms with E-state index in [2.05, 4.69) is 30.6 Å². The van der Waals surface area contributed by atoms with Crippen LogP contribution < -0.4 is 69.4 Å². The minimum Gasteiger partial charge on any atom is -0.744 e. The monoisotopic (exact) mass is 753 g/mol. The van der Waals surface area contributed by atoms with Gasteiger partial charge in [0.05, 0.1) is 21.2 Å². The number of hydrogen-bond donors (Lipinski definition) is 1. The molecule has 0 fully saturated rings. The number of hydrogen-bond acceptors (Lipinski definition) is 13. The number of carbonyl (C=O) groups excluding carboxylic acids is 1. The molecule has 0 saturated carbocycles. The molecule has 0 saturated heterocycles. The number of azo groups is 1. The minimum atomic E-state index is -5.04. The van der Waals surface area contributed by atoms with Gasteiger partial charge in [-0.1, -0.05) is 41.4 Å². The van der Waals surface area contributed by atoms with Crippen LogP contribution in [0.4, 0.5) is 22.9 Å². The van der Waals surface area contributed by atoms with E-state index in [-0.39, 0.29) is 97.5 Å². The largest absolute Gasteiger partial charge is 1.00 e. The van der Waals surface area contributed by atoms with Crippen LogP contribution in [0.2, 0.25) is 15.5 Å². The average Bonchev–Trinajstić information content (AvgIpc) is 3.26. The number of nitrogens with one attached hydrogen (secondary N) is 1. The van der Waals surface area contributed by atoms with Crippen molar-refractivity contribution in [3.05, 3.63) is 82.2 Å². The van der Waals surface area contributed by atoms with Gasteiger partial charge in [0.2, 0.25) is 5.28 Å². The zero-order chi connectivity index (χ0) is 32.7. The second-order valence-electron chi connectivity index (χ2n) is 9.24. The summed E-state index contributed by atoms with van der Waals surface area (Å²) in [7, 11) is -9.73. The van der Waals surface area contributed by atoms with Crippen molar-refractivity contribution in [2.75, 3.05) is 10.3 Å². The van der Waals surface area contributed by atoms with Gasteiger partial charge < -0.3 is 14.4 Å². The zero-order valence-electron chi connectivity index (χ0n) is 24.4. The second-order valence-corrected chi connectivity index (χ2v) is 13.0. The van der Waals surface area contributed by atoms with E-state index in [0.717, 1.165) is 23.2 Å². The van der Waals surface area contributed by atoms with Crippen LogP contribution >= 0.6 is 34.8 Å². The molecule has 47 heavy (non-hydrogen) atoms. The van der Waals surface area contributed by atoms with Gasteiger partial charge in [0.25, 0.3) is 5.91 Å². The standard InChI is InChI=1S/C26H18Cl3N7O7S2.2Na/c1-13-22(25(37)36(35-13)17-7-9-18(10-8-17)44(38,39)40)34-33-19-11-4-15(12-20(19)45(41,42)43)14-2-5-16(6-3-14)30-24-21(27)23(28)31-26(29)32-24;;/h2-12,22H,1H3,(H,30,31,32)(H,38,39,40)(H,41,42,43);;/q;2*+1/p-2. The average molecular weight is 755 g/mol. The molecule has 5 rings (SSSR count). The number of aromatic nitrogens is 2. The van der Waals surface area contributed by atoms with E-state index in [0.29, 0.717) is 16.8 Å². The number of anilines is 3. The topological polar surface area (TPSA) is 210 Å². The Kier molecular flexibility index (Phi) is 13.1. The Hall–Kier alpha value is -2.03. The Balaban J connectivity index is 0.00000300. The van der Waals surface area contributed by atoms with Crippen LogP contribution in [0.5, 0.6) is 0 Å². The molecule has 0 radical (unpaired) electrons. The molecule has 1 N–H and O–H groups in total. The molecule has 3 aromatic carbocycles. The first kappa shape index (κ1) is 39.4. The molecule has 2 heterocycles. The first-order valence-corrected chi connectivity index (χ1v) is 16.3. The van der Waals surface area contributed by atoms with Crippen molar-refractivity contribution in [1.82, 2.24) is 9.97 Å². The molecule has 0 aliphatic carbocycles. The third kappa shape index (κ3) is 9.16. The van der Waals surface area contributed by atoms with E-state index >= 15 is 0 Å². The molecule has 0 bridgehead atoms. The van der Waals surface area contributed by atoms with Gasteiger partial charge in [0.1, 0.15) is 30.9 Å². The van der Waals surface area contributed by atoms with E-state index in [4.69, 9.17) is 34.8 Å². The van der Waals surface area contributed by atoms with Crippen molar-refractivity contribution < 1.29 is 89.9 Å². The predicted molar refractivity (Wildman–Crippen MR) is 163 cm³/mol. The molecule has 1 atom stereocenters. The molecule has 1 amide bonds. The summed E-state index contributed by atoms with van der Waals surface area (Å²) in [5.74, 6) is -0.515. The van der Waals surface area contributed by atoms with Gasteiger partial charge in [0, 0.05) is 5.69 Å². The first-order valence-electron chi connectivity index (χ1n) is 12.3. The number of amides is 1. The number of hydrazone groups is 1. The van der Waals surface area contributed by atoms with E-state index in [1.54, 1.807) is 24.3 Å². The fourth-order valence-corrected chi connectivity index (χ4v) is 5.70. The van der Waals surface area contributed by atoms with Crippen molar-refractivity contribution in [3.8, 4) is 11.1 Å². The summed E-state index contributed by atoms with van der Waals surface area (Å²) < 4.78 is 70.0. The van der Waals surface area contributed by atoms with E-state index in [1.165, 1.54) is 31.2 Å². The Morgan fingerprint density at radius 2 is 1.47 bits per heavy atom. The molecule has 0 spiro atoms. The van der Waals surface area contributed by atoms with Gasteiger partial charge in [-0.3, -0.25) is 4.79 Å². The maximum atomic E-state index is 13.0. The van der Waals surface area contributed by atoms with Crippen molar-refractivity contribution in [1.29, 1.82) is 0 Å². The maximum absolute atomic E-state index is 13.0. The van der Waals surface area contributed by atoms with Crippen molar-refractivity contribution >= 4 is 89.5 Å². The van der Waals surface area contributed by atoms with Gasteiger partial charge >= 0.3 is 59.1 Å². The molecule has 14 nitrogen and oxygen atoms in total. The third-order valence-electron chi connectivity index (χ3n) is 6.24. The molecular formula is C26H16Cl3N7Na2O7S2. The summed E-state index contributed by atoms with van der Waals surface area (Å²) in [5, 5.41) is 15.7. The number of rotatable bonds is 8. The van der Waals surface area contributed by atoms with Crippen LogP contribution in [-0.2, 0) is 25.0 Å². The second kappa shape index (κ2) is 15.7. The van der Waals surface area contributed by atoms with Crippen LogP contribution in [0, 0.1) is 0 Å². The molecule has 1 unspecified atom stereocenters. The van der Waals surface area contributed by atoms with Crippen LogP contribution in [0.15, 0.2) is 91.9 Å². The Labute approximate surface area is 327 Å². The van der Waals surface area contributed by atoms with Crippen molar-refractivity contribution in [3.63, 3.8) is 0 Å².